The third kappa shape index (κ3) is 6.32. The van der Waals surface area contributed by atoms with Crippen LogP contribution in [0.15, 0.2) is 30.3 Å². The molecule has 8 heteroatoms. The quantitative estimate of drug-likeness (QED) is 0.621. The highest BCUT2D eigenvalue weighted by Crippen LogP contribution is 2.22. The van der Waals surface area contributed by atoms with Crippen LogP contribution in [0.25, 0.3) is 11.3 Å². The van der Waals surface area contributed by atoms with Crippen molar-refractivity contribution in [2.75, 3.05) is 38.0 Å². The third-order valence-electron chi connectivity index (χ3n) is 5.19. The number of carbonyl (C=O) groups excluding carboxylic acids is 2. The van der Waals surface area contributed by atoms with E-state index >= 15 is 0 Å². The van der Waals surface area contributed by atoms with E-state index in [4.69, 9.17) is 0 Å². The first kappa shape index (κ1) is 20.9. The van der Waals surface area contributed by atoms with Gasteiger partial charge in [0.05, 0.1) is 5.69 Å². The Hall–Kier alpha value is -2.87. The number of aromatic nitrogens is 2. The van der Waals surface area contributed by atoms with Gasteiger partial charge in [0.25, 0.3) is 0 Å². The van der Waals surface area contributed by atoms with Crippen molar-refractivity contribution < 1.29 is 14.7 Å². The SMILES string of the molecule is CC(=O)N1CCCN(CCCCC(=O)Nc2cc(-c3ccc(O)cc3)[nH]n2)CC1. The molecule has 1 aromatic heterocycles. The molecular weight excluding hydrogens is 370 g/mol. The van der Waals surface area contributed by atoms with Crippen LogP contribution in [0.1, 0.15) is 32.6 Å². The van der Waals surface area contributed by atoms with Crippen LogP contribution < -0.4 is 5.32 Å². The van der Waals surface area contributed by atoms with Crippen molar-refractivity contribution in [1.29, 1.82) is 0 Å². The molecule has 0 bridgehead atoms. The summed E-state index contributed by atoms with van der Waals surface area (Å²) in [6.07, 6.45) is 3.22. The monoisotopic (exact) mass is 399 g/mol. The minimum atomic E-state index is -0.0487. The molecule has 2 aromatic rings. The molecule has 0 atom stereocenters. The summed E-state index contributed by atoms with van der Waals surface area (Å²) in [5.74, 6) is 0.802. The van der Waals surface area contributed by atoms with Gasteiger partial charge in [-0.2, -0.15) is 5.10 Å². The topological polar surface area (TPSA) is 102 Å². The van der Waals surface area contributed by atoms with E-state index in [9.17, 15) is 14.7 Å². The maximum atomic E-state index is 12.2. The Morgan fingerprint density at radius 2 is 1.93 bits per heavy atom. The van der Waals surface area contributed by atoms with Gasteiger partial charge >= 0.3 is 0 Å². The van der Waals surface area contributed by atoms with E-state index in [1.165, 1.54) is 0 Å². The molecular formula is C21H29N5O3. The number of nitrogens with one attached hydrogen (secondary N) is 2. The number of benzene rings is 1. The summed E-state index contributed by atoms with van der Waals surface area (Å²) in [7, 11) is 0. The Morgan fingerprint density at radius 3 is 2.69 bits per heavy atom. The number of unbranched alkanes of at least 4 members (excludes halogenated alkanes) is 1. The summed E-state index contributed by atoms with van der Waals surface area (Å²) in [4.78, 5) is 27.9. The van der Waals surface area contributed by atoms with Gasteiger partial charge in [0.2, 0.25) is 11.8 Å². The second kappa shape index (κ2) is 10.1. The predicted octanol–water partition coefficient (Wildman–Crippen LogP) is 2.45. The number of aromatic amines is 1. The molecule has 1 aliphatic rings. The number of hydrogen-bond donors (Lipinski definition) is 3. The van der Waals surface area contributed by atoms with E-state index in [1.807, 2.05) is 4.90 Å². The molecule has 8 nitrogen and oxygen atoms in total. The fraction of sp³-hybridized carbons (Fsp3) is 0.476. The van der Waals surface area contributed by atoms with Crippen LogP contribution in [0, 0.1) is 0 Å². The van der Waals surface area contributed by atoms with E-state index in [1.54, 1.807) is 37.3 Å². The average Bonchev–Trinajstić information content (AvgIpc) is 3.02. The van der Waals surface area contributed by atoms with E-state index in [2.05, 4.69) is 20.4 Å². The number of carbonyl (C=O) groups is 2. The number of anilines is 1. The van der Waals surface area contributed by atoms with E-state index in [0.29, 0.717) is 12.2 Å². The average molecular weight is 399 g/mol. The van der Waals surface area contributed by atoms with Crippen molar-refractivity contribution in [1.82, 2.24) is 20.0 Å². The fourth-order valence-corrected chi connectivity index (χ4v) is 3.51. The molecule has 1 aromatic carbocycles. The van der Waals surface area contributed by atoms with Gasteiger partial charge in [-0.25, -0.2) is 0 Å². The molecule has 2 heterocycles. The Bertz CT molecular complexity index is 818. The number of phenols is 1. The van der Waals surface area contributed by atoms with Gasteiger partial charge in [0, 0.05) is 39.0 Å². The molecule has 0 aliphatic carbocycles. The van der Waals surface area contributed by atoms with Gasteiger partial charge in [-0.15, -0.1) is 0 Å². The highest BCUT2D eigenvalue weighted by Gasteiger charge is 2.16. The Kier molecular flexibility index (Phi) is 7.24. The molecule has 0 spiro atoms. The van der Waals surface area contributed by atoms with Gasteiger partial charge in [-0.3, -0.25) is 14.7 Å². The molecule has 0 radical (unpaired) electrons. The predicted molar refractivity (Wildman–Crippen MR) is 111 cm³/mol. The lowest BCUT2D eigenvalue weighted by molar-refractivity contribution is -0.128. The Balaban J connectivity index is 1.36. The molecule has 1 fully saturated rings. The van der Waals surface area contributed by atoms with Crippen LogP contribution in [-0.4, -0.2) is 69.6 Å². The largest absolute Gasteiger partial charge is 0.508 e. The molecule has 1 saturated heterocycles. The van der Waals surface area contributed by atoms with Crippen LogP contribution >= 0.6 is 0 Å². The van der Waals surface area contributed by atoms with Crippen molar-refractivity contribution in [3.8, 4) is 17.0 Å². The number of rotatable bonds is 7. The van der Waals surface area contributed by atoms with Gasteiger partial charge in [-0.05, 0) is 62.2 Å². The first-order valence-electron chi connectivity index (χ1n) is 10.1. The molecule has 0 unspecified atom stereocenters. The van der Waals surface area contributed by atoms with Crippen LogP contribution in [0.4, 0.5) is 5.82 Å². The zero-order chi connectivity index (χ0) is 20.6. The van der Waals surface area contributed by atoms with Crippen molar-refractivity contribution in [2.45, 2.75) is 32.6 Å². The van der Waals surface area contributed by atoms with Crippen molar-refractivity contribution in [2.24, 2.45) is 0 Å². The molecule has 0 saturated carbocycles. The first-order chi connectivity index (χ1) is 14.0. The van der Waals surface area contributed by atoms with E-state index in [-0.39, 0.29) is 17.6 Å². The second-order valence-corrected chi connectivity index (χ2v) is 7.42. The number of phenolic OH excluding ortho intramolecular Hbond substituents is 1. The lowest BCUT2D eigenvalue weighted by Crippen LogP contribution is -2.34. The lowest BCUT2D eigenvalue weighted by atomic mass is 10.1. The summed E-state index contributed by atoms with van der Waals surface area (Å²) in [6.45, 7) is 6.11. The third-order valence-corrected chi connectivity index (χ3v) is 5.19. The molecule has 3 N–H and O–H groups in total. The Labute approximate surface area is 170 Å². The summed E-state index contributed by atoms with van der Waals surface area (Å²) in [5, 5.41) is 19.2. The number of amides is 2. The number of aromatic hydroxyl groups is 1. The van der Waals surface area contributed by atoms with Gasteiger partial charge < -0.3 is 20.2 Å². The summed E-state index contributed by atoms with van der Waals surface area (Å²) < 4.78 is 0. The van der Waals surface area contributed by atoms with Crippen LogP contribution in [0.3, 0.4) is 0 Å². The molecule has 29 heavy (non-hydrogen) atoms. The number of nitrogens with zero attached hydrogens (tertiary/aromatic N) is 3. The highest BCUT2D eigenvalue weighted by molar-refractivity contribution is 5.90. The molecule has 1 aliphatic heterocycles. The first-order valence-corrected chi connectivity index (χ1v) is 10.1. The fourth-order valence-electron chi connectivity index (χ4n) is 3.51. The smallest absolute Gasteiger partial charge is 0.225 e. The molecule has 2 amide bonds. The maximum Gasteiger partial charge on any atom is 0.225 e. The van der Waals surface area contributed by atoms with Gasteiger partial charge in [0.15, 0.2) is 5.82 Å². The second-order valence-electron chi connectivity index (χ2n) is 7.42. The summed E-state index contributed by atoms with van der Waals surface area (Å²) in [6, 6.07) is 8.56. The van der Waals surface area contributed by atoms with Crippen LogP contribution in [-0.2, 0) is 9.59 Å². The lowest BCUT2D eigenvalue weighted by Gasteiger charge is -2.20. The number of H-pyrrole nitrogens is 1. The van der Waals surface area contributed by atoms with Gasteiger partial charge in [0.1, 0.15) is 5.75 Å². The zero-order valence-electron chi connectivity index (χ0n) is 16.9. The van der Waals surface area contributed by atoms with Crippen molar-refractivity contribution >= 4 is 17.6 Å². The summed E-state index contributed by atoms with van der Waals surface area (Å²) >= 11 is 0. The van der Waals surface area contributed by atoms with E-state index in [0.717, 1.165) is 63.2 Å². The van der Waals surface area contributed by atoms with Crippen LogP contribution in [0.2, 0.25) is 0 Å². The van der Waals surface area contributed by atoms with Gasteiger partial charge in [-0.1, -0.05) is 0 Å². The maximum absolute atomic E-state index is 12.2. The standard InChI is InChI=1S/C21H29N5O3/c1-16(27)26-12-4-11-25(13-14-26)10-3-2-5-21(29)22-20-15-19(23-24-20)17-6-8-18(28)9-7-17/h6-9,15,28H,2-5,10-14H2,1H3,(H2,22,23,24,29). The minimum absolute atomic E-state index is 0.0487. The van der Waals surface area contributed by atoms with Crippen LogP contribution in [0.5, 0.6) is 5.75 Å². The van der Waals surface area contributed by atoms with Crippen molar-refractivity contribution in [3.63, 3.8) is 0 Å². The molecule has 156 valence electrons. The minimum Gasteiger partial charge on any atom is -0.508 e. The zero-order valence-corrected chi connectivity index (χ0v) is 16.9. The Morgan fingerprint density at radius 1 is 1.14 bits per heavy atom. The van der Waals surface area contributed by atoms with Crippen molar-refractivity contribution in [3.05, 3.63) is 30.3 Å². The highest BCUT2D eigenvalue weighted by atomic mass is 16.3. The molecule has 3 rings (SSSR count). The summed E-state index contributed by atoms with van der Waals surface area (Å²) in [5.41, 5.74) is 1.66. The number of hydrogen-bond acceptors (Lipinski definition) is 5. The normalized spacial score (nSPS) is 15.1. The van der Waals surface area contributed by atoms with E-state index < -0.39 is 0 Å².